The maximum atomic E-state index is 2.45. The number of hydrogen-bond donors (Lipinski definition) is 0. The van der Waals surface area contributed by atoms with E-state index < -0.39 is 0 Å². The molecule has 2 aliphatic rings. The first-order valence-corrected chi connectivity index (χ1v) is 6.21. The normalized spacial score (nSPS) is 24.9. The standard InChI is InChI=1S/C13H14S/c1-3-7-12-10(5-1)9-11-6-2-4-8-13(11)14-12/h1,3,5,7-8,11H,2,4,6,9H2. The molecule has 72 valence electrons. The molecule has 3 rings (SSSR count). The smallest absolute Gasteiger partial charge is 0.0151 e. The molecular formula is C13H14S. The lowest BCUT2D eigenvalue weighted by atomic mass is 9.89. The molecule has 1 aromatic rings. The predicted molar refractivity (Wildman–Crippen MR) is 61.4 cm³/mol. The van der Waals surface area contributed by atoms with Gasteiger partial charge in [-0.05, 0) is 48.1 Å². The van der Waals surface area contributed by atoms with Crippen LogP contribution < -0.4 is 0 Å². The zero-order chi connectivity index (χ0) is 9.38. The molecule has 1 heterocycles. The average molecular weight is 202 g/mol. The molecule has 1 unspecified atom stereocenters. The summed E-state index contributed by atoms with van der Waals surface area (Å²) in [5.74, 6) is 0.837. The summed E-state index contributed by atoms with van der Waals surface area (Å²) in [4.78, 5) is 3.12. The summed E-state index contributed by atoms with van der Waals surface area (Å²) < 4.78 is 0. The maximum Gasteiger partial charge on any atom is 0.0151 e. The predicted octanol–water partition coefficient (Wildman–Crippen LogP) is 4.02. The fourth-order valence-corrected chi connectivity index (χ4v) is 3.66. The molecule has 0 aromatic heterocycles. The lowest BCUT2D eigenvalue weighted by Crippen LogP contribution is -2.14. The van der Waals surface area contributed by atoms with Gasteiger partial charge >= 0.3 is 0 Å². The lowest BCUT2D eigenvalue weighted by Gasteiger charge is -2.29. The van der Waals surface area contributed by atoms with Gasteiger partial charge in [0.25, 0.3) is 0 Å². The van der Waals surface area contributed by atoms with Crippen LogP contribution in [0.3, 0.4) is 0 Å². The average Bonchev–Trinajstić information content (AvgIpc) is 2.26. The molecule has 1 aromatic carbocycles. The van der Waals surface area contributed by atoms with Gasteiger partial charge in [-0.1, -0.05) is 36.0 Å². The first-order valence-electron chi connectivity index (χ1n) is 5.39. The van der Waals surface area contributed by atoms with Crippen molar-refractivity contribution in [2.24, 2.45) is 5.92 Å². The van der Waals surface area contributed by atoms with Crippen LogP contribution in [0.1, 0.15) is 24.8 Å². The maximum absolute atomic E-state index is 2.45. The zero-order valence-corrected chi connectivity index (χ0v) is 9.02. The van der Waals surface area contributed by atoms with Crippen molar-refractivity contribution < 1.29 is 0 Å². The van der Waals surface area contributed by atoms with Crippen LogP contribution in [0.15, 0.2) is 40.1 Å². The van der Waals surface area contributed by atoms with E-state index >= 15 is 0 Å². The van der Waals surface area contributed by atoms with Crippen molar-refractivity contribution in [2.45, 2.75) is 30.6 Å². The van der Waals surface area contributed by atoms with E-state index in [1.807, 2.05) is 11.8 Å². The highest BCUT2D eigenvalue weighted by molar-refractivity contribution is 8.03. The first-order chi connectivity index (χ1) is 6.93. The molecule has 0 N–H and O–H groups in total. The third kappa shape index (κ3) is 1.40. The monoisotopic (exact) mass is 202 g/mol. The van der Waals surface area contributed by atoms with E-state index in [1.165, 1.54) is 30.6 Å². The Morgan fingerprint density at radius 1 is 1.21 bits per heavy atom. The van der Waals surface area contributed by atoms with Gasteiger partial charge in [-0.25, -0.2) is 0 Å². The van der Waals surface area contributed by atoms with Gasteiger partial charge in [-0.2, -0.15) is 0 Å². The van der Waals surface area contributed by atoms with Crippen LogP contribution in [-0.4, -0.2) is 0 Å². The molecule has 0 spiro atoms. The van der Waals surface area contributed by atoms with Crippen LogP contribution in [0.2, 0.25) is 0 Å². The Hall–Kier alpha value is -0.690. The molecule has 14 heavy (non-hydrogen) atoms. The molecule has 0 nitrogen and oxygen atoms in total. The summed E-state index contributed by atoms with van der Waals surface area (Å²) >= 11 is 2.00. The third-order valence-electron chi connectivity index (χ3n) is 3.17. The number of rotatable bonds is 0. The summed E-state index contributed by atoms with van der Waals surface area (Å²) in [6.07, 6.45) is 7.80. The minimum absolute atomic E-state index is 0.837. The van der Waals surface area contributed by atoms with E-state index in [-0.39, 0.29) is 0 Å². The fraction of sp³-hybridized carbons (Fsp3) is 0.385. The molecule has 0 saturated heterocycles. The molecule has 0 fully saturated rings. The first kappa shape index (κ1) is 8.60. The summed E-state index contributed by atoms with van der Waals surface area (Å²) in [6.45, 7) is 0. The van der Waals surface area contributed by atoms with E-state index in [9.17, 15) is 0 Å². The molecule has 1 atom stereocenters. The quantitative estimate of drug-likeness (QED) is 0.612. The SMILES string of the molecule is C1=C2Sc3ccccc3CC2CCC1. The molecule has 0 radical (unpaired) electrons. The Morgan fingerprint density at radius 2 is 2.14 bits per heavy atom. The van der Waals surface area contributed by atoms with E-state index in [2.05, 4.69) is 30.3 Å². The van der Waals surface area contributed by atoms with Gasteiger partial charge in [0.1, 0.15) is 0 Å². The van der Waals surface area contributed by atoms with Crippen molar-refractivity contribution in [1.29, 1.82) is 0 Å². The van der Waals surface area contributed by atoms with Crippen molar-refractivity contribution in [3.63, 3.8) is 0 Å². The van der Waals surface area contributed by atoms with Crippen LogP contribution in [0, 0.1) is 5.92 Å². The fourth-order valence-electron chi connectivity index (χ4n) is 2.41. The summed E-state index contributed by atoms with van der Waals surface area (Å²) in [5, 5.41) is 0. The van der Waals surface area contributed by atoms with Crippen LogP contribution in [0.25, 0.3) is 0 Å². The van der Waals surface area contributed by atoms with Gasteiger partial charge in [-0.15, -0.1) is 0 Å². The van der Waals surface area contributed by atoms with Crippen LogP contribution in [-0.2, 0) is 6.42 Å². The number of hydrogen-bond acceptors (Lipinski definition) is 1. The van der Waals surface area contributed by atoms with Crippen LogP contribution in [0.5, 0.6) is 0 Å². The second-order valence-corrected chi connectivity index (χ2v) is 5.26. The van der Waals surface area contributed by atoms with E-state index in [0.29, 0.717) is 0 Å². The summed E-state index contributed by atoms with van der Waals surface area (Å²) in [7, 11) is 0. The van der Waals surface area contributed by atoms with Gasteiger partial charge in [-0.3, -0.25) is 0 Å². The second kappa shape index (κ2) is 3.47. The van der Waals surface area contributed by atoms with Crippen molar-refractivity contribution in [2.75, 3.05) is 0 Å². The number of fused-ring (bicyclic) bond motifs is 2. The van der Waals surface area contributed by atoms with Gasteiger partial charge in [0.2, 0.25) is 0 Å². The number of thioether (sulfide) groups is 1. The Bertz CT molecular complexity index is 379. The molecule has 1 aliphatic carbocycles. The van der Waals surface area contributed by atoms with Crippen molar-refractivity contribution >= 4 is 11.8 Å². The Labute approximate surface area is 89.4 Å². The molecular weight excluding hydrogens is 188 g/mol. The third-order valence-corrected chi connectivity index (χ3v) is 4.53. The van der Waals surface area contributed by atoms with Crippen molar-refractivity contribution in [3.05, 3.63) is 40.8 Å². The molecule has 1 heteroatoms. The van der Waals surface area contributed by atoms with E-state index in [1.54, 1.807) is 10.5 Å². The van der Waals surface area contributed by atoms with Crippen LogP contribution in [0.4, 0.5) is 0 Å². The minimum Gasteiger partial charge on any atom is -0.0943 e. The lowest BCUT2D eigenvalue weighted by molar-refractivity contribution is 0.522. The molecule has 0 amide bonds. The summed E-state index contributed by atoms with van der Waals surface area (Å²) in [5.41, 5.74) is 1.56. The molecule has 0 saturated carbocycles. The highest BCUT2D eigenvalue weighted by atomic mass is 32.2. The topological polar surface area (TPSA) is 0 Å². The highest BCUT2D eigenvalue weighted by Crippen LogP contribution is 2.45. The number of allylic oxidation sites excluding steroid dienone is 2. The highest BCUT2D eigenvalue weighted by Gasteiger charge is 2.24. The van der Waals surface area contributed by atoms with Crippen LogP contribution >= 0.6 is 11.8 Å². The largest absolute Gasteiger partial charge is 0.0943 e. The van der Waals surface area contributed by atoms with Gasteiger partial charge in [0, 0.05) is 4.90 Å². The molecule has 0 bridgehead atoms. The van der Waals surface area contributed by atoms with Gasteiger partial charge < -0.3 is 0 Å². The zero-order valence-electron chi connectivity index (χ0n) is 8.20. The van der Waals surface area contributed by atoms with E-state index in [4.69, 9.17) is 0 Å². The Balaban J connectivity index is 2.00. The molecule has 1 aliphatic heterocycles. The van der Waals surface area contributed by atoms with Crippen molar-refractivity contribution in [1.82, 2.24) is 0 Å². The second-order valence-electron chi connectivity index (χ2n) is 4.15. The van der Waals surface area contributed by atoms with Gasteiger partial charge in [0.15, 0.2) is 0 Å². The summed E-state index contributed by atoms with van der Waals surface area (Å²) in [6, 6.07) is 8.85. The Morgan fingerprint density at radius 3 is 3.14 bits per heavy atom. The van der Waals surface area contributed by atoms with Gasteiger partial charge in [0.05, 0.1) is 0 Å². The van der Waals surface area contributed by atoms with Crippen molar-refractivity contribution in [3.8, 4) is 0 Å². The van der Waals surface area contributed by atoms with E-state index in [0.717, 1.165) is 5.92 Å². The Kier molecular flexibility index (Phi) is 2.13. The number of benzene rings is 1. The minimum atomic E-state index is 0.837.